The van der Waals surface area contributed by atoms with E-state index in [2.05, 4.69) is 9.97 Å². The number of rotatable bonds is 3. The van der Waals surface area contributed by atoms with Crippen LogP contribution in [0.3, 0.4) is 0 Å². The molecule has 26 heavy (non-hydrogen) atoms. The molecule has 0 atom stereocenters. The Hall–Kier alpha value is -3.30. The van der Waals surface area contributed by atoms with Crippen molar-refractivity contribution in [3.05, 3.63) is 57.3 Å². The molecule has 0 saturated heterocycles. The zero-order chi connectivity index (χ0) is 18.6. The monoisotopic (exact) mass is 360 g/mol. The molecule has 0 aliphatic rings. The van der Waals surface area contributed by atoms with Crippen LogP contribution in [0.2, 0.25) is 0 Å². The van der Waals surface area contributed by atoms with Crippen LogP contribution in [0.4, 0.5) is 8.78 Å². The number of hydrogen-bond donors (Lipinski definition) is 0. The molecule has 0 radical (unpaired) electrons. The number of alkyl halides is 2. The summed E-state index contributed by atoms with van der Waals surface area (Å²) in [6.07, 6.45) is 1.35. The Kier molecular flexibility index (Phi) is 3.49. The molecule has 0 fully saturated rings. The second-order valence-electron chi connectivity index (χ2n) is 5.91. The SMILES string of the molecule is Cn1c(=O)c2c(ncn2Cc2nc3ccccc3n2C(F)F)n(C)c1=O. The minimum atomic E-state index is -2.78. The van der Waals surface area contributed by atoms with Crippen molar-refractivity contribution >= 4 is 22.2 Å². The van der Waals surface area contributed by atoms with E-state index in [9.17, 15) is 18.4 Å². The molecule has 0 saturated carbocycles. The van der Waals surface area contributed by atoms with Gasteiger partial charge in [0.1, 0.15) is 5.82 Å². The van der Waals surface area contributed by atoms with Crippen molar-refractivity contribution in [2.75, 3.05) is 0 Å². The maximum absolute atomic E-state index is 13.6. The predicted octanol–water partition coefficient (Wildman–Crippen LogP) is 1.23. The highest BCUT2D eigenvalue weighted by Crippen LogP contribution is 2.24. The minimum Gasteiger partial charge on any atom is -0.317 e. The van der Waals surface area contributed by atoms with Crippen molar-refractivity contribution in [2.45, 2.75) is 13.1 Å². The zero-order valence-electron chi connectivity index (χ0n) is 13.9. The summed E-state index contributed by atoms with van der Waals surface area (Å²) < 4.78 is 31.6. The van der Waals surface area contributed by atoms with Crippen LogP contribution in [-0.2, 0) is 20.6 Å². The number of nitrogens with zero attached hydrogens (tertiary/aromatic N) is 6. The third-order valence-electron chi connectivity index (χ3n) is 4.39. The first-order valence-electron chi connectivity index (χ1n) is 7.75. The van der Waals surface area contributed by atoms with Gasteiger partial charge in [0.05, 0.1) is 23.9 Å². The van der Waals surface area contributed by atoms with Crippen LogP contribution in [0.25, 0.3) is 22.2 Å². The van der Waals surface area contributed by atoms with Crippen LogP contribution in [-0.4, -0.2) is 28.2 Å². The molecule has 4 rings (SSSR count). The van der Waals surface area contributed by atoms with E-state index in [1.807, 2.05) is 0 Å². The highest BCUT2D eigenvalue weighted by Gasteiger charge is 2.20. The average Bonchev–Trinajstić information content (AvgIpc) is 3.19. The summed E-state index contributed by atoms with van der Waals surface area (Å²) in [4.78, 5) is 32.8. The summed E-state index contributed by atoms with van der Waals surface area (Å²) in [5, 5.41) is 0. The lowest BCUT2D eigenvalue weighted by molar-refractivity contribution is 0.0712. The normalized spacial score (nSPS) is 11.9. The number of halogens is 2. The van der Waals surface area contributed by atoms with Crippen LogP contribution in [0.5, 0.6) is 0 Å². The second kappa shape index (κ2) is 5.61. The van der Waals surface area contributed by atoms with E-state index < -0.39 is 17.8 Å². The van der Waals surface area contributed by atoms with Gasteiger partial charge in [-0.25, -0.2) is 14.8 Å². The number of hydrogen-bond acceptors (Lipinski definition) is 4. The lowest BCUT2D eigenvalue weighted by atomic mass is 10.3. The molecule has 0 unspecified atom stereocenters. The lowest BCUT2D eigenvalue weighted by Crippen LogP contribution is -2.37. The van der Waals surface area contributed by atoms with E-state index in [-0.39, 0.29) is 23.5 Å². The van der Waals surface area contributed by atoms with Crippen LogP contribution in [0.1, 0.15) is 12.4 Å². The Morgan fingerprint density at radius 2 is 1.85 bits per heavy atom. The molecular weight excluding hydrogens is 346 g/mol. The van der Waals surface area contributed by atoms with Gasteiger partial charge in [-0.2, -0.15) is 8.78 Å². The van der Waals surface area contributed by atoms with Crippen molar-refractivity contribution < 1.29 is 8.78 Å². The van der Waals surface area contributed by atoms with Gasteiger partial charge in [0.2, 0.25) is 0 Å². The van der Waals surface area contributed by atoms with Gasteiger partial charge in [-0.15, -0.1) is 0 Å². The van der Waals surface area contributed by atoms with Crippen molar-refractivity contribution in [1.29, 1.82) is 0 Å². The zero-order valence-corrected chi connectivity index (χ0v) is 13.9. The summed E-state index contributed by atoms with van der Waals surface area (Å²) >= 11 is 0. The van der Waals surface area contributed by atoms with Crippen molar-refractivity contribution in [3.63, 3.8) is 0 Å². The Labute approximate surface area is 144 Å². The van der Waals surface area contributed by atoms with Gasteiger partial charge in [0.15, 0.2) is 11.2 Å². The Morgan fingerprint density at radius 3 is 2.58 bits per heavy atom. The number of imidazole rings is 2. The molecule has 1 aromatic carbocycles. The van der Waals surface area contributed by atoms with Gasteiger partial charge in [-0.1, -0.05) is 12.1 Å². The Bertz CT molecular complexity index is 1260. The molecular formula is C16H14F2N6O2. The minimum absolute atomic E-state index is 0.0804. The topological polar surface area (TPSA) is 79.6 Å². The third-order valence-corrected chi connectivity index (χ3v) is 4.39. The predicted molar refractivity (Wildman–Crippen MR) is 90.3 cm³/mol. The van der Waals surface area contributed by atoms with E-state index in [0.29, 0.717) is 11.0 Å². The summed E-state index contributed by atoms with van der Waals surface area (Å²) in [6, 6.07) is 6.58. The molecule has 0 amide bonds. The molecule has 134 valence electrons. The van der Waals surface area contributed by atoms with E-state index in [1.54, 1.807) is 24.3 Å². The van der Waals surface area contributed by atoms with Crippen molar-refractivity contribution in [1.82, 2.24) is 28.2 Å². The van der Waals surface area contributed by atoms with Crippen LogP contribution >= 0.6 is 0 Å². The number of aryl methyl sites for hydroxylation is 1. The van der Waals surface area contributed by atoms with Crippen LogP contribution < -0.4 is 11.2 Å². The molecule has 10 heteroatoms. The fourth-order valence-electron chi connectivity index (χ4n) is 3.09. The quantitative estimate of drug-likeness (QED) is 0.550. The average molecular weight is 360 g/mol. The number of fused-ring (bicyclic) bond motifs is 2. The van der Waals surface area contributed by atoms with Gasteiger partial charge < -0.3 is 4.57 Å². The smallest absolute Gasteiger partial charge is 0.317 e. The highest BCUT2D eigenvalue weighted by atomic mass is 19.3. The molecule has 0 aliphatic heterocycles. The number of aromatic nitrogens is 6. The maximum Gasteiger partial charge on any atom is 0.332 e. The fourth-order valence-corrected chi connectivity index (χ4v) is 3.09. The molecule has 8 nitrogen and oxygen atoms in total. The van der Waals surface area contributed by atoms with Gasteiger partial charge in [0.25, 0.3) is 5.56 Å². The lowest BCUT2D eigenvalue weighted by Gasteiger charge is -2.09. The summed E-state index contributed by atoms with van der Waals surface area (Å²) in [7, 11) is 2.85. The molecule has 4 aromatic rings. The second-order valence-corrected chi connectivity index (χ2v) is 5.91. The molecule has 0 bridgehead atoms. The summed E-state index contributed by atoms with van der Waals surface area (Å²) in [6.45, 7) is -2.86. The molecule has 0 N–H and O–H groups in total. The van der Waals surface area contributed by atoms with Gasteiger partial charge in [-0.3, -0.25) is 18.5 Å². The number of para-hydroxylation sites is 2. The van der Waals surface area contributed by atoms with Gasteiger partial charge >= 0.3 is 12.2 Å². The number of benzene rings is 1. The van der Waals surface area contributed by atoms with Crippen LogP contribution in [0.15, 0.2) is 40.2 Å². The Morgan fingerprint density at radius 1 is 1.12 bits per heavy atom. The van der Waals surface area contributed by atoms with Crippen molar-refractivity contribution in [3.8, 4) is 0 Å². The van der Waals surface area contributed by atoms with Gasteiger partial charge in [0, 0.05) is 14.1 Å². The van der Waals surface area contributed by atoms with Crippen molar-refractivity contribution in [2.24, 2.45) is 14.1 Å². The van der Waals surface area contributed by atoms with E-state index in [4.69, 9.17) is 0 Å². The first-order chi connectivity index (χ1) is 12.4. The fraction of sp³-hybridized carbons (Fsp3) is 0.250. The standard InChI is InChI=1S/C16H14F2N6O2/c1-21-13-12(14(25)22(2)16(21)26)23(8-19-13)7-11-20-9-5-3-4-6-10(9)24(11)15(17)18/h3-6,8,15H,7H2,1-2H3. The summed E-state index contributed by atoms with van der Waals surface area (Å²) in [5.74, 6) is 0.0939. The largest absolute Gasteiger partial charge is 0.332 e. The first kappa shape index (κ1) is 16.2. The van der Waals surface area contributed by atoms with E-state index in [1.165, 1.54) is 29.6 Å². The van der Waals surface area contributed by atoms with E-state index >= 15 is 0 Å². The van der Waals surface area contributed by atoms with Gasteiger partial charge in [-0.05, 0) is 12.1 Å². The van der Waals surface area contributed by atoms with E-state index in [0.717, 1.165) is 9.13 Å². The Balaban J connectivity index is 1.95. The van der Waals surface area contributed by atoms with Crippen LogP contribution in [0, 0.1) is 0 Å². The molecule has 3 heterocycles. The molecule has 0 aliphatic carbocycles. The molecule has 3 aromatic heterocycles. The highest BCUT2D eigenvalue weighted by molar-refractivity contribution is 5.76. The molecule has 0 spiro atoms. The summed E-state index contributed by atoms with van der Waals surface area (Å²) in [5.41, 5.74) is 0.0444. The first-order valence-corrected chi connectivity index (χ1v) is 7.75. The maximum atomic E-state index is 13.6. The third kappa shape index (κ3) is 2.18.